The van der Waals surface area contributed by atoms with E-state index in [1.165, 1.54) is 0 Å². The van der Waals surface area contributed by atoms with Crippen molar-refractivity contribution in [3.05, 3.63) is 170 Å². The Morgan fingerprint density at radius 1 is 0.464 bits per heavy atom. The number of allylic oxidation sites excluding steroid dienone is 28. The number of carbonyl (C=O) groups excluding carboxylic acids is 1. The number of aliphatic carboxylic acids is 1. The summed E-state index contributed by atoms with van der Waals surface area (Å²) in [6, 6.07) is -1.50. The van der Waals surface area contributed by atoms with Gasteiger partial charge in [-0.1, -0.05) is 184 Å². The summed E-state index contributed by atoms with van der Waals surface area (Å²) in [6.07, 6.45) is 77.1. The number of nitrogens with two attached hydrogens (primary N) is 1. The number of hydrogen-bond acceptors (Lipinski definition) is 8. The molecule has 3 unspecified atom stereocenters. The van der Waals surface area contributed by atoms with Crippen molar-refractivity contribution in [2.75, 3.05) is 26.4 Å². The van der Waals surface area contributed by atoms with Crippen LogP contribution in [0.5, 0.6) is 0 Å². The molecule has 0 saturated heterocycles. The molecule has 384 valence electrons. The van der Waals surface area contributed by atoms with Crippen LogP contribution in [0.4, 0.5) is 0 Å². The van der Waals surface area contributed by atoms with Gasteiger partial charge in [0.25, 0.3) is 0 Å². The normalized spacial score (nSPS) is 15.1. The third-order valence-electron chi connectivity index (χ3n) is 9.49. The second-order valence-corrected chi connectivity index (χ2v) is 17.3. The van der Waals surface area contributed by atoms with Crippen molar-refractivity contribution < 1.29 is 42.7 Å². The zero-order valence-electron chi connectivity index (χ0n) is 42.1. The van der Waals surface area contributed by atoms with Gasteiger partial charge in [0, 0.05) is 13.0 Å². The van der Waals surface area contributed by atoms with Gasteiger partial charge in [-0.25, -0.2) is 4.57 Å². The summed E-state index contributed by atoms with van der Waals surface area (Å²) >= 11 is 0. The highest BCUT2D eigenvalue weighted by Gasteiger charge is 2.27. The van der Waals surface area contributed by atoms with Crippen LogP contribution >= 0.6 is 7.82 Å². The summed E-state index contributed by atoms with van der Waals surface area (Å²) in [4.78, 5) is 33.7. The Balaban J connectivity index is 4.42. The van der Waals surface area contributed by atoms with E-state index in [1.807, 2.05) is 6.08 Å². The molecule has 0 aromatic carbocycles. The van der Waals surface area contributed by atoms with Gasteiger partial charge in [0.05, 0.1) is 19.8 Å². The van der Waals surface area contributed by atoms with Crippen molar-refractivity contribution in [1.82, 2.24) is 0 Å². The Labute approximate surface area is 417 Å². The summed E-state index contributed by atoms with van der Waals surface area (Å²) in [6.45, 7) is 3.43. The lowest BCUT2D eigenvalue weighted by Crippen LogP contribution is -2.34. The molecule has 0 rings (SSSR count). The van der Waals surface area contributed by atoms with E-state index in [-0.39, 0.29) is 13.0 Å². The zero-order chi connectivity index (χ0) is 50.4. The van der Waals surface area contributed by atoms with Crippen LogP contribution in [-0.2, 0) is 32.7 Å². The van der Waals surface area contributed by atoms with E-state index >= 15 is 0 Å². The molecule has 0 aliphatic carbocycles. The summed E-state index contributed by atoms with van der Waals surface area (Å²) in [5.41, 5.74) is 5.36. The Morgan fingerprint density at radius 2 is 0.783 bits per heavy atom. The molecule has 0 aromatic heterocycles. The lowest BCUT2D eigenvalue weighted by Gasteiger charge is -2.20. The number of phosphoric ester groups is 1. The Bertz CT molecular complexity index is 1740. The van der Waals surface area contributed by atoms with Crippen LogP contribution in [0.25, 0.3) is 0 Å². The van der Waals surface area contributed by atoms with Crippen molar-refractivity contribution in [1.29, 1.82) is 0 Å². The maximum absolute atomic E-state index is 12.7. The molecular formula is C58H88NO9P. The van der Waals surface area contributed by atoms with Gasteiger partial charge < -0.3 is 25.2 Å². The number of esters is 1. The van der Waals surface area contributed by atoms with Crippen LogP contribution in [0.1, 0.15) is 142 Å². The molecule has 0 aliphatic heterocycles. The van der Waals surface area contributed by atoms with Crippen LogP contribution in [0.15, 0.2) is 170 Å². The highest BCUT2D eigenvalue weighted by Crippen LogP contribution is 2.43. The minimum absolute atomic E-state index is 0.0508. The summed E-state index contributed by atoms with van der Waals surface area (Å²) < 4.78 is 33.4. The van der Waals surface area contributed by atoms with Gasteiger partial charge in [0.2, 0.25) is 0 Å². The lowest BCUT2D eigenvalue weighted by molar-refractivity contribution is -0.154. The van der Waals surface area contributed by atoms with Crippen molar-refractivity contribution in [2.24, 2.45) is 5.73 Å². The summed E-state index contributed by atoms with van der Waals surface area (Å²) in [5, 5.41) is 8.93. The molecule has 0 spiro atoms. The maximum Gasteiger partial charge on any atom is 0.472 e. The molecule has 0 radical (unpaired) electrons. The molecule has 69 heavy (non-hydrogen) atoms. The molecule has 4 N–H and O–H groups in total. The van der Waals surface area contributed by atoms with E-state index in [0.717, 1.165) is 109 Å². The number of carbonyl (C=O) groups is 2. The first-order chi connectivity index (χ1) is 33.7. The van der Waals surface area contributed by atoms with Crippen molar-refractivity contribution in [2.45, 2.75) is 154 Å². The van der Waals surface area contributed by atoms with Crippen LogP contribution in [0, 0.1) is 0 Å². The van der Waals surface area contributed by atoms with E-state index in [1.54, 1.807) is 0 Å². The second kappa shape index (κ2) is 51.2. The monoisotopic (exact) mass is 974 g/mol. The minimum atomic E-state index is -4.67. The number of ether oxygens (including phenoxy) is 2. The van der Waals surface area contributed by atoms with Crippen molar-refractivity contribution in [3.63, 3.8) is 0 Å². The summed E-state index contributed by atoms with van der Waals surface area (Å²) in [5.74, 6) is -1.88. The van der Waals surface area contributed by atoms with Crippen LogP contribution in [0.2, 0.25) is 0 Å². The standard InChI is InChI=1S/C58H88NO9P/c1-3-5-7-9-11-13-15-17-19-21-23-25-27-29-31-33-35-37-39-41-43-45-47-49-51-65-52-55(53-66-69(63,64)67-54-56(59)58(61)62)68-57(60)50-48-46-44-42-40-38-36-34-32-30-28-26-24-22-20-18-16-14-12-10-8-6-4-2/h5-8,11-14,17-20,23-26,29-32,35-38,41-44,55-56H,3-4,9-10,15-16,21-22,27-28,33-34,39-40,45-54,59H2,1-2H3,(H,61,62)(H,63,64)/b7-5-,8-6-,13-11-,14-12-,19-17-,20-18-,25-23-,26-24-,31-29-,32-30-,37-35-,38-36-,43-41-,44-42-. The van der Waals surface area contributed by atoms with E-state index in [9.17, 15) is 19.0 Å². The lowest BCUT2D eigenvalue weighted by atomic mass is 10.2. The SMILES string of the molecule is CC/C=C\C/C=C\C/C=C\C/C=C\C/C=C\C/C=C\C/C=C\CCCCOCC(COP(=O)(O)OCC(N)C(=O)O)OC(=O)CCC/C=C\C/C=C\C/C=C\C/C=C\C/C=C\C/C=C\C/C=C\CC. The average molecular weight is 974 g/mol. The van der Waals surface area contributed by atoms with Gasteiger partial charge in [0.1, 0.15) is 12.1 Å². The average Bonchev–Trinajstić information content (AvgIpc) is 3.33. The number of carboxylic acids is 1. The van der Waals surface area contributed by atoms with Crippen molar-refractivity contribution >= 4 is 19.8 Å². The van der Waals surface area contributed by atoms with Crippen LogP contribution in [0.3, 0.4) is 0 Å². The number of unbranched alkanes of at least 4 members (excludes halogenated alkanes) is 3. The fraction of sp³-hybridized carbons (Fsp3) is 0.483. The fourth-order valence-electron chi connectivity index (χ4n) is 5.69. The minimum Gasteiger partial charge on any atom is -0.480 e. The molecule has 3 atom stereocenters. The first-order valence-corrected chi connectivity index (χ1v) is 26.7. The number of carboxylic acid groups (broad SMARTS) is 1. The Hall–Kier alpha value is -4.67. The third-order valence-corrected chi connectivity index (χ3v) is 10.4. The number of phosphoric acid groups is 1. The van der Waals surface area contributed by atoms with Gasteiger partial charge >= 0.3 is 19.8 Å². The highest BCUT2D eigenvalue weighted by atomic mass is 31.2. The van der Waals surface area contributed by atoms with Gasteiger partial charge in [0.15, 0.2) is 0 Å². The molecule has 0 bridgehead atoms. The molecular weight excluding hydrogens is 886 g/mol. The topological polar surface area (TPSA) is 155 Å². The zero-order valence-corrected chi connectivity index (χ0v) is 43.0. The first-order valence-electron chi connectivity index (χ1n) is 25.2. The van der Waals surface area contributed by atoms with E-state index in [4.69, 9.17) is 29.4 Å². The van der Waals surface area contributed by atoms with E-state index in [2.05, 4.69) is 178 Å². The molecule has 0 fully saturated rings. The molecule has 0 heterocycles. The first kappa shape index (κ1) is 64.3. The van der Waals surface area contributed by atoms with Crippen LogP contribution in [-0.4, -0.2) is 60.5 Å². The van der Waals surface area contributed by atoms with Gasteiger partial charge in [-0.15, -0.1) is 0 Å². The van der Waals surface area contributed by atoms with Gasteiger partial charge in [-0.3, -0.25) is 18.6 Å². The molecule has 0 amide bonds. The van der Waals surface area contributed by atoms with Crippen LogP contribution < -0.4 is 5.73 Å². The number of hydrogen-bond donors (Lipinski definition) is 3. The van der Waals surface area contributed by atoms with Gasteiger partial charge in [-0.2, -0.15) is 0 Å². The predicted octanol–water partition coefficient (Wildman–Crippen LogP) is 15.1. The predicted molar refractivity (Wildman–Crippen MR) is 290 cm³/mol. The van der Waals surface area contributed by atoms with Crippen molar-refractivity contribution in [3.8, 4) is 0 Å². The van der Waals surface area contributed by atoms with E-state index in [0.29, 0.717) is 19.4 Å². The molecule has 11 heteroatoms. The highest BCUT2D eigenvalue weighted by molar-refractivity contribution is 7.47. The maximum atomic E-state index is 12.7. The molecule has 0 aliphatic rings. The largest absolute Gasteiger partial charge is 0.480 e. The quantitative estimate of drug-likeness (QED) is 0.0232. The molecule has 0 saturated carbocycles. The second-order valence-electron chi connectivity index (χ2n) is 15.8. The molecule has 0 aromatic rings. The van der Waals surface area contributed by atoms with Gasteiger partial charge in [-0.05, 0) is 122 Å². The fourth-order valence-corrected chi connectivity index (χ4v) is 6.47. The number of rotatable bonds is 45. The Kier molecular flexibility index (Phi) is 47.7. The smallest absolute Gasteiger partial charge is 0.472 e. The molecule has 10 nitrogen and oxygen atoms in total. The third kappa shape index (κ3) is 51.0. The van der Waals surface area contributed by atoms with E-state index < -0.39 is 45.1 Å². The summed E-state index contributed by atoms with van der Waals surface area (Å²) in [7, 11) is -4.67. The Morgan fingerprint density at radius 3 is 1.13 bits per heavy atom.